The standard InChI is InChI=1S/C8H12N2O/c1-4-8(11)10-5-6(2)9-7(10)3/h5H,4H2,1-3H3. The summed E-state index contributed by atoms with van der Waals surface area (Å²) < 4.78 is 1.59. The van der Waals surface area contributed by atoms with Crippen LogP contribution in [0.1, 0.15) is 29.7 Å². The predicted octanol–water partition coefficient (Wildman–Crippen LogP) is 1.55. The van der Waals surface area contributed by atoms with E-state index in [9.17, 15) is 4.79 Å². The van der Waals surface area contributed by atoms with Crippen molar-refractivity contribution in [3.05, 3.63) is 17.7 Å². The van der Waals surface area contributed by atoms with Gasteiger partial charge in [-0.05, 0) is 13.8 Å². The lowest BCUT2D eigenvalue weighted by Gasteiger charge is -1.98. The third-order valence-corrected chi connectivity index (χ3v) is 1.57. The second kappa shape index (κ2) is 2.86. The van der Waals surface area contributed by atoms with Crippen LogP contribution in [0.25, 0.3) is 0 Å². The minimum absolute atomic E-state index is 0.100. The van der Waals surface area contributed by atoms with Gasteiger partial charge in [0, 0.05) is 12.6 Å². The average Bonchev–Trinajstić information content (AvgIpc) is 2.28. The molecule has 1 aromatic rings. The summed E-state index contributed by atoms with van der Waals surface area (Å²) in [5.74, 6) is 0.873. The first-order valence-electron chi connectivity index (χ1n) is 3.71. The van der Waals surface area contributed by atoms with E-state index in [2.05, 4.69) is 4.98 Å². The molecular formula is C8H12N2O. The minimum atomic E-state index is 0.100. The molecular weight excluding hydrogens is 140 g/mol. The minimum Gasteiger partial charge on any atom is -0.274 e. The first kappa shape index (κ1) is 7.98. The Morgan fingerprint density at radius 1 is 1.64 bits per heavy atom. The lowest BCUT2D eigenvalue weighted by molar-refractivity contribution is 0.0906. The molecule has 0 aromatic carbocycles. The molecule has 0 aliphatic rings. The fraction of sp³-hybridized carbons (Fsp3) is 0.500. The van der Waals surface area contributed by atoms with Crippen molar-refractivity contribution in [3.63, 3.8) is 0 Å². The molecule has 0 saturated heterocycles. The highest BCUT2D eigenvalue weighted by molar-refractivity contribution is 5.79. The van der Waals surface area contributed by atoms with E-state index in [0.29, 0.717) is 6.42 Å². The second-order valence-electron chi connectivity index (χ2n) is 2.55. The molecule has 0 N–H and O–H groups in total. The number of nitrogens with zero attached hydrogens (tertiary/aromatic N) is 2. The van der Waals surface area contributed by atoms with Crippen molar-refractivity contribution in [2.75, 3.05) is 0 Å². The fourth-order valence-electron chi connectivity index (χ4n) is 1.04. The van der Waals surface area contributed by atoms with E-state index in [1.54, 1.807) is 10.8 Å². The summed E-state index contributed by atoms with van der Waals surface area (Å²) in [6.45, 7) is 5.56. The molecule has 1 rings (SSSR count). The summed E-state index contributed by atoms with van der Waals surface area (Å²) in [7, 11) is 0. The molecule has 0 radical (unpaired) electrons. The summed E-state index contributed by atoms with van der Waals surface area (Å²) in [5, 5.41) is 0. The van der Waals surface area contributed by atoms with E-state index in [1.807, 2.05) is 20.8 Å². The van der Waals surface area contributed by atoms with Crippen LogP contribution in [0.5, 0.6) is 0 Å². The molecule has 0 spiro atoms. The van der Waals surface area contributed by atoms with Crippen LogP contribution in [0.4, 0.5) is 0 Å². The largest absolute Gasteiger partial charge is 0.274 e. The maximum absolute atomic E-state index is 11.2. The average molecular weight is 152 g/mol. The molecule has 3 heteroatoms. The summed E-state index contributed by atoms with van der Waals surface area (Å²) in [6, 6.07) is 0. The molecule has 3 nitrogen and oxygen atoms in total. The van der Waals surface area contributed by atoms with E-state index >= 15 is 0 Å². The van der Waals surface area contributed by atoms with Gasteiger partial charge in [0.2, 0.25) is 5.91 Å². The van der Waals surface area contributed by atoms with Crippen molar-refractivity contribution in [3.8, 4) is 0 Å². The Labute approximate surface area is 66.1 Å². The number of aryl methyl sites for hydroxylation is 2. The zero-order valence-corrected chi connectivity index (χ0v) is 7.09. The van der Waals surface area contributed by atoms with Gasteiger partial charge in [0.25, 0.3) is 0 Å². The number of aromatic nitrogens is 2. The molecule has 0 aliphatic heterocycles. The number of carbonyl (C=O) groups excluding carboxylic acids is 1. The first-order chi connectivity index (χ1) is 5.15. The molecule has 11 heavy (non-hydrogen) atoms. The number of imidazole rings is 1. The van der Waals surface area contributed by atoms with Crippen LogP contribution in [0.15, 0.2) is 6.20 Å². The quantitative estimate of drug-likeness (QED) is 0.612. The van der Waals surface area contributed by atoms with Gasteiger partial charge in [-0.2, -0.15) is 0 Å². The van der Waals surface area contributed by atoms with Crippen LogP contribution in [0, 0.1) is 13.8 Å². The Morgan fingerprint density at radius 2 is 2.27 bits per heavy atom. The smallest absolute Gasteiger partial charge is 0.231 e. The van der Waals surface area contributed by atoms with Gasteiger partial charge in [-0.25, -0.2) is 4.98 Å². The first-order valence-corrected chi connectivity index (χ1v) is 3.71. The third kappa shape index (κ3) is 1.48. The Bertz CT molecular complexity index is 276. The number of hydrogen-bond acceptors (Lipinski definition) is 2. The lowest BCUT2D eigenvalue weighted by atomic mass is 10.4. The van der Waals surface area contributed by atoms with Crippen molar-refractivity contribution in [1.82, 2.24) is 9.55 Å². The van der Waals surface area contributed by atoms with E-state index in [1.165, 1.54) is 0 Å². The summed E-state index contributed by atoms with van der Waals surface area (Å²) in [6.07, 6.45) is 2.29. The highest BCUT2D eigenvalue weighted by Gasteiger charge is 2.05. The van der Waals surface area contributed by atoms with Gasteiger partial charge in [-0.1, -0.05) is 6.92 Å². The van der Waals surface area contributed by atoms with Gasteiger partial charge in [-0.3, -0.25) is 9.36 Å². The summed E-state index contributed by atoms with van der Waals surface area (Å²) >= 11 is 0. The van der Waals surface area contributed by atoms with E-state index in [-0.39, 0.29) is 5.91 Å². The van der Waals surface area contributed by atoms with E-state index in [0.717, 1.165) is 11.5 Å². The summed E-state index contributed by atoms with van der Waals surface area (Å²) in [4.78, 5) is 15.3. The number of rotatable bonds is 1. The molecule has 0 aliphatic carbocycles. The maximum atomic E-state index is 11.2. The molecule has 1 heterocycles. The van der Waals surface area contributed by atoms with Crippen LogP contribution in [0.3, 0.4) is 0 Å². The zero-order valence-electron chi connectivity index (χ0n) is 7.09. The van der Waals surface area contributed by atoms with Crippen molar-refractivity contribution in [2.45, 2.75) is 27.2 Å². The Balaban J connectivity index is 3.03. The maximum Gasteiger partial charge on any atom is 0.231 e. The van der Waals surface area contributed by atoms with Crippen LogP contribution < -0.4 is 0 Å². The lowest BCUT2D eigenvalue weighted by Crippen LogP contribution is -2.09. The molecule has 1 aromatic heterocycles. The fourth-order valence-corrected chi connectivity index (χ4v) is 1.04. The Kier molecular flexibility index (Phi) is 2.08. The monoisotopic (exact) mass is 152 g/mol. The molecule has 0 atom stereocenters. The normalized spacial score (nSPS) is 10.1. The Hall–Kier alpha value is -1.12. The van der Waals surface area contributed by atoms with Gasteiger partial charge in [0.15, 0.2) is 0 Å². The molecule has 0 bridgehead atoms. The van der Waals surface area contributed by atoms with Crippen LogP contribution in [-0.4, -0.2) is 15.5 Å². The SMILES string of the molecule is CCC(=O)n1cc(C)nc1C. The van der Waals surface area contributed by atoms with Crippen LogP contribution >= 0.6 is 0 Å². The Morgan fingerprint density at radius 3 is 2.64 bits per heavy atom. The van der Waals surface area contributed by atoms with Crippen molar-refractivity contribution in [1.29, 1.82) is 0 Å². The van der Waals surface area contributed by atoms with Gasteiger partial charge in [-0.15, -0.1) is 0 Å². The highest BCUT2D eigenvalue weighted by atomic mass is 16.2. The van der Waals surface area contributed by atoms with Crippen LogP contribution in [0.2, 0.25) is 0 Å². The van der Waals surface area contributed by atoms with Gasteiger partial charge >= 0.3 is 0 Å². The van der Waals surface area contributed by atoms with Crippen LogP contribution in [-0.2, 0) is 0 Å². The van der Waals surface area contributed by atoms with E-state index < -0.39 is 0 Å². The van der Waals surface area contributed by atoms with Crippen molar-refractivity contribution in [2.24, 2.45) is 0 Å². The topological polar surface area (TPSA) is 34.9 Å². The third-order valence-electron chi connectivity index (χ3n) is 1.57. The number of hydrogen-bond donors (Lipinski definition) is 0. The molecule has 0 amide bonds. The van der Waals surface area contributed by atoms with Crippen molar-refractivity contribution >= 4 is 5.91 Å². The summed E-state index contributed by atoms with van der Waals surface area (Å²) in [5.41, 5.74) is 0.893. The number of carbonyl (C=O) groups is 1. The molecule has 0 fully saturated rings. The zero-order chi connectivity index (χ0) is 8.43. The van der Waals surface area contributed by atoms with Gasteiger partial charge < -0.3 is 0 Å². The van der Waals surface area contributed by atoms with Gasteiger partial charge in [0.05, 0.1) is 5.69 Å². The van der Waals surface area contributed by atoms with Gasteiger partial charge in [0.1, 0.15) is 5.82 Å². The predicted molar refractivity (Wildman–Crippen MR) is 42.6 cm³/mol. The highest BCUT2D eigenvalue weighted by Crippen LogP contribution is 2.01. The van der Waals surface area contributed by atoms with Crippen molar-refractivity contribution < 1.29 is 4.79 Å². The van der Waals surface area contributed by atoms with E-state index in [4.69, 9.17) is 0 Å². The molecule has 0 saturated carbocycles. The molecule has 60 valence electrons. The second-order valence-corrected chi connectivity index (χ2v) is 2.55. The molecule has 0 unspecified atom stereocenters.